The summed E-state index contributed by atoms with van der Waals surface area (Å²) < 4.78 is 28.8. The fourth-order valence-corrected chi connectivity index (χ4v) is 1.60. The minimum Gasteiger partial charge on any atom is -0.339 e. The number of carbonyl (C=O) groups excluding carboxylic acids is 1. The third-order valence-corrected chi connectivity index (χ3v) is 2.14. The van der Waals surface area contributed by atoms with Gasteiger partial charge < -0.3 is 19.0 Å². The summed E-state index contributed by atoms with van der Waals surface area (Å²) in [7, 11) is 0. The second-order valence-electron chi connectivity index (χ2n) is 3.65. The minimum absolute atomic E-state index is 0.433. The number of rotatable bonds is 1. The Morgan fingerprint density at radius 2 is 2.08 bits per heavy atom. The van der Waals surface area contributed by atoms with Crippen LogP contribution in [0.3, 0.4) is 0 Å². The van der Waals surface area contributed by atoms with Gasteiger partial charge >= 0.3 is 0 Å². The predicted molar refractivity (Wildman–Crippen MR) is 39.7 cm³/mol. The van der Waals surface area contributed by atoms with Crippen LogP contribution in [0, 0.1) is 0 Å². The van der Waals surface area contributed by atoms with E-state index in [4.69, 9.17) is 14.2 Å². The second kappa shape index (κ2) is 2.73. The highest BCUT2D eigenvalue weighted by molar-refractivity contribution is 5.58. The van der Waals surface area contributed by atoms with Gasteiger partial charge in [0.2, 0.25) is 0 Å². The van der Waals surface area contributed by atoms with Crippen molar-refractivity contribution >= 4 is 6.29 Å². The number of aldehydes is 1. The van der Waals surface area contributed by atoms with Crippen LogP contribution in [-0.2, 0) is 19.0 Å². The topological polar surface area (TPSA) is 44.8 Å². The Balaban J connectivity index is 2.11. The highest BCUT2D eigenvalue weighted by Crippen LogP contribution is 2.37. The minimum atomic E-state index is -1.43. The van der Waals surface area contributed by atoms with Crippen LogP contribution < -0.4 is 0 Å². The largest absolute Gasteiger partial charge is 0.339 e. The summed E-state index contributed by atoms with van der Waals surface area (Å²) >= 11 is 0. The molecule has 74 valence electrons. The lowest BCUT2D eigenvalue weighted by atomic mass is 10.2. The van der Waals surface area contributed by atoms with E-state index in [2.05, 4.69) is 0 Å². The summed E-state index contributed by atoms with van der Waals surface area (Å²) in [6, 6.07) is 0. The van der Waals surface area contributed by atoms with E-state index >= 15 is 0 Å². The van der Waals surface area contributed by atoms with Gasteiger partial charge in [-0.05, 0) is 13.8 Å². The van der Waals surface area contributed by atoms with E-state index in [0.29, 0.717) is 6.29 Å². The number of carbonyl (C=O) groups is 1. The smallest absolute Gasteiger partial charge is 0.191 e. The normalized spacial score (nSPS) is 47.6. The quantitative estimate of drug-likeness (QED) is 0.561. The molecule has 0 bridgehead atoms. The Morgan fingerprint density at radius 3 is 2.62 bits per heavy atom. The first-order valence-corrected chi connectivity index (χ1v) is 4.14. The molecule has 0 aromatic rings. The van der Waals surface area contributed by atoms with Gasteiger partial charge in [0.05, 0.1) is 0 Å². The molecule has 4 atom stereocenters. The van der Waals surface area contributed by atoms with Crippen LogP contribution in [-0.4, -0.2) is 36.7 Å². The molecule has 0 aromatic heterocycles. The molecule has 2 saturated heterocycles. The monoisotopic (exact) mass is 190 g/mol. The number of fused-ring (bicyclic) bond motifs is 1. The first-order chi connectivity index (χ1) is 6.03. The molecule has 0 unspecified atom stereocenters. The van der Waals surface area contributed by atoms with Crippen LogP contribution in [0.25, 0.3) is 0 Å². The van der Waals surface area contributed by atoms with Crippen molar-refractivity contribution in [2.24, 2.45) is 0 Å². The molecule has 0 saturated carbocycles. The van der Waals surface area contributed by atoms with Crippen molar-refractivity contribution in [3.05, 3.63) is 0 Å². The molecule has 0 N–H and O–H groups in total. The van der Waals surface area contributed by atoms with E-state index in [1.54, 1.807) is 13.8 Å². The zero-order valence-electron chi connectivity index (χ0n) is 7.40. The molecule has 0 amide bonds. The van der Waals surface area contributed by atoms with Crippen LogP contribution in [0.5, 0.6) is 0 Å². The van der Waals surface area contributed by atoms with Gasteiger partial charge in [-0.15, -0.1) is 0 Å². The maximum atomic E-state index is 13.3. The first-order valence-electron chi connectivity index (χ1n) is 4.14. The van der Waals surface area contributed by atoms with Gasteiger partial charge in [-0.1, -0.05) is 0 Å². The van der Waals surface area contributed by atoms with Crippen molar-refractivity contribution in [2.45, 2.75) is 44.3 Å². The molecule has 5 heteroatoms. The van der Waals surface area contributed by atoms with Gasteiger partial charge in [0, 0.05) is 0 Å². The average molecular weight is 190 g/mol. The molecule has 2 aliphatic heterocycles. The highest BCUT2D eigenvalue weighted by atomic mass is 19.1. The van der Waals surface area contributed by atoms with Gasteiger partial charge in [-0.2, -0.15) is 0 Å². The number of alkyl halides is 1. The number of hydrogen-bond donors (Lipinski definition) is 0. The SMILES string of the molecule is CC1(C)O[C@H]2O[C@H](C=O)[C@@H](F)[C@H]2O1. The lowest BCUT2D eigenvalue weighted by Gasteiger charge is -2.19. The molecular formula is C8H11FO4. The Morgan fingerprint density at radius 1 is 1.38 bits per heavy atom. The van der Waals surface area contributed by atoms with Gasteiger partial charge in [0.1, 0.15) is 12.2 Å². The molecule has 0 aromatic carbocycles. The first kappa shape index (κ1) is 9.05. The van der Waals surface area contributed by atoms with Crippen molar-refractivity contribution < 1.29 is 23.4 Å². The summed E-state index contributed by atoms with van der Waals surface area (Å²) in [6.45, 7) is 3.36. The summed E-state index contributed by atoms with van der Waals surface area (Å²) in [5.41, 5.74) is 0. The maximum Gasteiger partial charge on any atom is 0.191 e. The summed E-state index contributed by atoms with van der Waals surface area (Å²) in [6.07, 6.45) is -3.57. The van der Waals surface area contributed by atoms with Gasteiger partial charge in [0.25, 0.3) is 0 Å². The van der Waals surface area contributed by atoms with Crippen molar-refractivity contribution in [3.8, 4) is 0 Å². The molecule has 13 heavy (non-hydrogen) atoms. The fraction of sp³-hybridized carbons (Fsp3) is 0.875. The molecule has 2 rings (SSSR count). The van der Waals surface area contributed by atoms with E-state index < -0.39 is 30.5 Å². The molecule has 2 aliphatic rings. The Labute approximate surface area is 74.9 Å². The number of halogens is 1. The lowest BCUT2D eigenvalue weighted by Crippen LogP contribution is -2.32. The Kier molecular flexibility index (Phi) is 1.90. The van der Waals surface area contributed by atoms with Crippen molar-refractivity contribution in [1.29, 1.82) is 0 Å². The van der Waals surface area contributed by atoms with Gasteiger partial charge in [-0.25, -0.2) is 4.39 Å². The van der Waals surface area contributed by atoms with E-state index in [0.717, 1.165) is 0 Å². The summed E-state index contributed by atoms with van der Waals surface area (Å²) in [4.78, 5) is 10.3. The molecular weight excluding hydrogens is 179 g/mol. The molecule has 0 radical (unpaired) electrons. The fourth-order valence-electron chi connectivity index (χ4n) is 1.60. The standard InChI is InChI=1S/C8H11FO4/c1-8(2)12-6-5(9)4(3-10)11-7(6)13-8/h3-7H,1-2H3/t4-,5-,6-,7-/m1/s1. The zero-order chi connectivity index (χ0) is 9.64. The molecule has 0 spiro atoms. The predicted octanol–water partition coefficient (Wildman–Crippen LogP) is 0.400. The van der Waals surface area contributed by atoms with Crippen LogP contribution >= 0.6 is 0 Å². The average Bonchev–Trinajstić information content (AvgIpc) is 2.47. The summed E-state index contributed by atoms with van der Waals surface area (Å²) in [5, 5.41) is 0. The number of ether oxygens (including phenoxy) is 3. The third kappa shape index (κ3) is 1.37. The van der Waals surface area contributed by atoms with Gasteiger partial charge in [0.15, 0.2) is 24.5 Å². The van der Waals surface area contributed by atoms with Crippen LogP contribution in [0.2, 0.25) is 0 Å². The van der Waals surface area contributed by atoms with Crippen LogP contribution in [0.1, 0.15) is 13.8 Å². The number of hydrogen-bond acceptors (Lipinski definition) is 4. The van der Waals surface area contributed by atoms with Crippen LogP contribution in [0.4, 0.5) is 4.39 Å². The van der Waals surface area contributed by atoms with Gasteiger partial charge in [-0.3, -0.25) is 0 Å². The molecule has 4 nitrogen and oxygen atoms in total. The molecule has 2 fully saturated rings. The Bertz CT molecular complexity index is 230. The van der Waals surface area contributed by atoms with Crippen molar-refractivity contribution in [3.63, 3.8) is 0 Å². The lowest BCUT2D eigenvalue weighted by molar-refractivity contribution is -0.208. The second-order valence-corrected chi connectivity index (χ2v) is 3.65. The van der Waals surface area contributed by atoms with E-state index in [-0.39, 0.29) is 0 Å². The molecule has 0 aliphatic carbocycles. The van der Waals surface area contributed by atoms with E-state index in [9.17, 15) is 9.18 Å². The maximum absolute atomic E-state index is 13.3. The van der Waals surface area contributed by atoms with Crippen LogP contribution in [0.15, 0.2) is 0 Å². The van der Waals surface area contributed by atoms with E-state index in [1.165, 1.54) is 0 Å². The highest BCUT2D eigenvalue weighted by Gasteiger charge is 2.55. The van der Waals surface area contributed by atoms with Crippen molar-refractivity contribution in [1.82, 2.24) is 0 Å². The zero-order valence-corrected chi connectivity index (χ0v) is 7.40. The Hall–Kier alpha value is -0.520. The van der Waals surface area contributed by atoms with E-state index in [1.807, 2.05) is 0 Å². The third-order valence-electron chi connectivity index (χ3n) is 2.14. The molecule has 2 heterocycles. The van der Waals surface area contributed by atoms with Crippen molar-refractivity contribution in [2.75, 3.05) is 0 Å². The summed E-state index contributed by atoms with van der Waals surface area (Å²) in [5.74, 6) is -0.826.